The summed E-state index contributed by atoms with van der Waals surface area (Å²) in [5, 5.41) is 8.59. The van der Waals surface area contributed by atoms with Gasteiger partial charge in [-0.1, -0.05) is 103 Å². The molecular weight excluding hydrogens is 420 g/mol. The van der Waals surface area contributed by atoms with Crippen LogP contribution in [0.1, 0.15) is 129 Å². The average molecular weight is 473 g/mol. The van der Waals surface area contributed by atoms with Gasteiger partial charge in [0.05, 0.1) is 19.4 Å². The largest absolute Gasteiger partial charge is 0.481 e. The molecule has 0 saturated heterocycles. The van der Waals surface area contributed by atoms with Crippen molar-refractivity contribution < 1.29 is 28.9 Å². The number of ether oxygens (including phenoxy) is 3. The van der Waals surface area contributed by atoms with Crippen molar-refractivity contribution in [3.63, 3.8) is 0 Å². The zero-order valence-corrected chi connectivity index (χ0v) is 21.6. The molecule has 0 aliphatic rings. The van der Waals surface area contributed by atoms with E-state index in [-0.39, 0.29) is 25.6 Å². The lowest BCUT2D eigenvalue weighted by Crippen LogP contribution is -2.27. The molecule has 0 fully saturated rings. The summed E-state index contributed by atoms with van der Waals surface area (Å²) in [6, 6.07) is 0. The van der Waals surface area contributed by atoms with Gasteiger partial charge in [0.1, 0.15) is 12.7 Å². The Kier molecular flexibility index (Phi) is 24.6. The molecular formula is C27H52O6. The zero-order valence-electron chi connectivity index (χ0n) is 21.6. The second-order valence-corrected chi connectivity index (χ2v) is 9.03. The van der Waals surface area contributed by atoms with Crippen molar-refractivity contribution in [1.82, 2.24) is 0 Å². The molecule has 0 radical (unpaired) electrons. The van der Waals surface area contributed by atoms with Gasteiger partial charge in [0.15, 0.2) is 0 Å². The van der Waals surface area contributed by atoms with Crippen molar-refractivity contribution in [2.24, 2.45) is 0 Å². The van der Waals surface area contributed by atoms with Crippen LogP contribution in [0, 0.1) is 0 Å². The van der Waals surface area contributed by atoms with Crippen LogP contribution in [-0.4, -0.2) is 49.6 Å². The second-order valence-electron chi connectivity index (χ2n) is 9.03. The number of unbranched alkanes of at least 4 members (excludes halogenated alkanes) is 15. The Morgan fingerprint density at radius 2 is 1.15 bits per heavy atom. The predicted octanol–water partition coefficient (Wildman–Crippen LogP) is 7.08. The van der Waals surface area contributed by atoms with Crippen molar-refractivity contribution in [2.75, 3.05) is 26.4 Å². The van der Waals surface area contributed by atoms with Crippen molar-refractivity contribution >= 4 is 11.9 Å². The Labute approximate surface area is 203 Å². The Morgan fingerprint density at radius 1 is 0.667 bits per heavy atom. The third kappa shape index (κ3) is 25.3. The fraction of sp³-hybridized carbons (Fsp3) is 0.926. The molecule has 1 atom stereocenters. The molecule has 0 rings (SSSR count). The first-order chi connectivity index (χ1) is 16.1. The highest BCUT2D eigenvalue weighted by molar-refractivity contribution is 5.76. The predicted molar refractivity (Wildman–Crippen MR) is 134 cm³/mol. The number of esters is 1. The third-order valence-corrected chi connectivity index (χ3v) is 5.82. The maximum absolute atomic E-state index is 11.5. The van der Waals surface area contributed by atoms with E-state index in [4.69, 9.17) is 19.3 Å². The number of carbonyl (C=O) groups is 2. The molecule has 0 aromatic rings. The lowest BCUT2D eigenvalue weighted by atomic mass is 10.0. The summed E-state index contributed by atoms with van der Waals surface area (Å²) in [5.74, 6) is -1.52. The summed E-state index contributed by atoms with van der Waals surface area (Å²) in [7, 11) is 0. The maximum Gasteiger partial charge on any atom is 0.306 e. The van der Waals surface area contributed by atoms with Gasteiger partial charge >= 0.3 is 11.9 Å². The van der Waals surface area contributed by atoms with E-state index in [1.807, 2.05) is 6.92 Å². The highest BCUT2D eigenvalue weighted by Gasteiger charge is 2.13. The van der Waals surface area contributed by atoms with Gasteiger partial charge in [0.25, 0.3) is 0 Å². The number of carboxylic acids is 1. The Bertz CT molecular complexity index is 440. The first-order valence-corrected chi connectivity index (χ1v) is 13.7. The molecule has 6 nitrogen and oxygen atoms in total. The van der Waals surface area contributed by atoms with Crippen LogP contribution in [0.4, 0.5) is 0 Å². The highest BCUT2D eigenvalue weighted by atomic mass is 16.6. The molecule has 0 aliphatic carbocycles. The smallest absolute Gasteiger partial charge is 0.306 e. The van der Waals surface area contributed by atoms with Crippen LogP contribution in [0.5, 0.6) is 0 Å². The van der Waals surface area contributed by atoms with Crippen LogP contribution in [0.15, 0.2) is 0 Å². The number of aliphatic carboxylic acids is 1. The van der Waals surface area contributed by atoms with Crippen LogP contribution >= 0.6 is 0 Å². The van der Waals surface area contributed by atoms with E-state index >= 15 is 0 Å². The summed E-state index contributed by atoms with van der Waals surface area (Å²) in [5.41, 5.74) is 0. The number of hydrogen-bond acceptors (Lipinski definition) is 5. The SMILES string of the molecule is CCCCCCCCCCCCCCCCCCOCC(COC(=O)CCC(=O)O)OCC. The molecule has 0 aromatic heterocycles. The first kappa shape index (κ1) is 31.9. The summed E-state index contributed by atoms with van der Waals surface area (Å²) in [6.45, 7) is 5.85. The van der Waals surface area contributed by atoms with E-state index in [9.17, 15) is 9.59 Å². The fourth-order valence-corrected chi connectivity index (χ4v) is 3.81. The van der Waals surface area contributed by atoms with Crippen LogP contribution in [0.2, 0.25) is 0 Å². The number of hydrogen-bond donors (Lipinski definition) is 1. The molecule has 1 unspecified atom stereocenters. The van der Waals surface area contributed by atoms with Crippen molar-refractivity contribution in [1.29, 1.82) is 0 Å². The van der Waals surface area contributed by atoms with Crippen LogP contribution in [0.25, 0.3) is 0 Å². The van der Waals surface area contributed by atoms with Crippen molar-refractivity contribution in [3.05, 3.63) is 0 Å². The van der Waals surface area contributed by atoms with Crippen LogP contribution in [0.3, 0.4) is 0 Å². The molecule has 6 heteroatoms. The van der Waals surface area contributed by atoms with Gasteiger partial charge in [-0.3, -0.25) is 9.59 Å². The Morgan fingerprint density at radius 3 is 1.61 bits per heavy atom. The van der Waals surface area contributed by atoms with E-state index in [0.717, 1.165) is 6.42 Å². The molecule has 33 heavy (non-hydrogen) atoms. The fourth-order valence-electron chi connectivity index (χ4n) is 3.81. The van der Waals surface area contributed by atoms with Crippen LogP contribution < -0.4 is 0 Å². The Balaban J connectivity index is 3.41. The summed E-state index contributed by atoms with van der Waals surface area (Å²) < 4.78 is 16.3. The number of rotatable bonds is 26. The zero-order chi connectivity index (χ0) is 24.4. The topological polar surface area (TPSA) is 82.1 Å². The molecule has 0 aliphatic heterocycles. The van der Waals surface area contributed by atoms with E-state index in [1.165, 1.54) is 96.3 Å². The van der Waals surface area contributed by atoms with E-state index < -0.39 is 11.9 Å². The van der Waals surface area contributed by atoms with Gasteiger partial charge in [0.2, 0.25) is 0 Å². The summed E-state index contributed by atoms with van der Waals surface area (Å²) in [6.07, 6.45) is 20.9. The standard InChI is InChI=1S/C27H52O6/c1-3-5-6-7-8-9-10-11-12-13-14-15-16-17-18-19-22-31-23-25(32-4-2)24-33-27(30)21-20-26(28)29/h25H,3-24H2,1-2H3,(H,28,29). The van der Waals surface area contributed by atoms with Gasteiger partial charge in [-0.2, -0.15) is 0 Å². The minimum atomic E-state index is -1.00. The maximum atomic E-state index is 11.5. The van der Waals surface area contributed by atoms with Gasteiger partial charge in [-0.25, -0.2) is 0 Å². The van der Waals surface area contributed by atoms with Gasteiger partial charge in [-0.05, 0) is 13.3 Å². The summed E-state index contributed by atoms with van der Waals surface area (Å²) >= 11 is 0. The lowest BCUT2D eigenvalue weighted by Gasteiger charge is -2.17. The molecule has 1 N–H and O–H groups in total. The molecule has 0 aromatic carbocycles. The van der Waals surface area contributed by atoms with Gasteiger partial charge in [0, 0.05) is 13.2 Å². The van der Waals surface area contributed by atoms with Crippen LogP contribution in [-0.2, 0) is 23.8 Å². The average Bonchev–Trinajstić information content (AvgIpc) is 2.80. The molecule has 196 valence electrons. The quantitative estimate of drug-likeness (QED) is 0.107. The van der Waals surface area contributed by atoms with E-state index in [2.05, 4.69) is 6.92 Å². The van der Waals surface area contributed by atoms with Gasteiger partial charge in [-0.15, -0.1) is 0 Å². The summed E-state index contributed by atoms with van der Waals surface area (Å²) in [4.78, 5) is 22.0. The second kappa shape index (κ2) is 25.5. The van der Waals surface area contributed by atoms with Gasteiger partial charge < -0.3 is 19.3 Å². The Hall–Kier alpha value is -1.14. The third-order valence-electron chi connectivity index (χ3n) is 5.82. The van der Waals surface area contributed by atoms with Crippen molar-refractivity contribution in [3.8, 4) is 0 Å². The molecule has 0 bridgehead atoms. The molecule has 0 heterocycles. The first-order valence-electron chi connectivity index (χ1n) is 13.7. The number of carboxylic acid groups (broad SMARTS) is 1. The van der Waals surface area contributed by atoms with E-state index in [0.29, 0.717) is 19.8 Å². The molecule has 0 amide bonds. The lowest BCUT2D eigenvalue weighted by molar-refractivity contribution is -0.152. The minimum absolute atomic E-state index is 0.102. The minimum Gasteiger partial charge on any atom is -0.481 e. The number of carbonyl (C=O) groups excluding carboxylic acids is 1. The monoisotopic (exact) mass is 472 g/mol. The molecule has 0 saturated carbocycles. The van der Waals surface area contributed by atoms with E-state index in [1.54, 1.807) is 0 Å². The van der Waals surface area contributed by atoms with Crippen molar-refractivity contribution in [2.45, 2.75) is 136 Å². The highest BCUT2D eigenvalue weighted by Crippen LogP contribution is 2.13. The molecule has 0 spiro atoms. The normalized spacial score (nSPS) is 12.1.